The number of Topliss-reactive ketones (excluding diaryl/α,β-unsaturated/α-hetero) is 1. The molecule has 0 aliphatic rings. The molecule has 0 rings (SSSR count). The Morgan fingerprint density at radius 1 is 0.520 bits per heavy atom. The van der Waals surface area contributed by atoms with E-state index in [0.29, 0.717) is 12.2 Å². The van der Waals surface area contributed by atoms with Gasteiger partial charge in [-0.2, -0.15) is 0 Å². The van der Waals surface area contributed by atoms with Crippen molar-refractivity contribution >= 4 is 11.8 Å². The van der Waals surface area contributed by atoms with E-state index in [2.05, 4.69) is 6.92 Å². The van der Waals surface area contributed by atoms with Crippen LogP contribution in [0.4, 0.5) is 0 Å². The van der Waals surface area contributed by atoms with Crippen LogP contribution >= 0.6 is 0 Å². The fraction of sp³-hybridized carbons (Fsp3) is 0.909. The van der Waals surface area contributed by atoms with Crippen LogP contribution in [0.1, 0.15) is 129 Å². The molecule has 0 aromatic rings. The summed E-state index contributed by atoms with van der Waals surface area (Å²) in [6, 6.07) is 0. The van der Waals surface area contributed by atoms with Gasteiger partial charge in [-0.15, -0.1) is 0 Å². The van der Waals surface area contributed by atoms with Gasteiger partial charge in [-0.25, -0.2) is 0 Å². The summed E-state index contributed by atoms with van der Waals surface area (Å²) in [5.41, 5.74) is 0. The zero-order valence-electron chi connectivity index (χ0n) is 16.7. The Hall–Kier alpha value is -0.860. The number of hydrogen-bond acceptors (Lipinski definition) is 2. The summed E-state index contributed by atoms with van der Waals surface area (Å²) in [6.07, 6.45) is 21.1. The summed E-state index contributed by atoms with van der Waals surface area (Å²) in [7, 11) is 0. The molecule has 0 spiro atoms. The van der Waals surface area contributed by atoms with Crippen molar-refractivity contribution in [3.05, 3.63) is 0 Å². The maximum Gasteiger partial charge on any atom is 0.303 e. The van der Waals surface area contributed by atoms with Crippen molar-refractivity contribution in [1.82, 2.24) is 0 Å². The first-order valence-corrected chi connectivity index (χ1v) is 10.9. The predicted molar refractivity (Wildman–Crippen MR) is 106 cm³/mol. The fourth-order valence-corrected chi connectivity index (χ4v) is 3.24. The molecule has 0 aromatic carbocycles. The highest BCUT2D eigenvalue weighted by Crippen LogP contribution is 2.13. The molecule has 3 heteroatoms. The quantitative estimate of drug-likeness (QED) is 0.238. The minimum atomic E-state index is -0.689. The van der Waals surface area contributed by atoms with Crippen LogP contribution in [0, 0.1) is 0 Å². The summed E-state index contributed by atoms with van der Waals surface area (Å²) in [6.45, 7) is 2.25. The van der Waals surface area contributed by atoms with Gasteiger partial charge < -0.3 is 5.11 Å². The lowest BCUT2D eigenvalue weighted by molar-refractivity contribution is -0.137. The number of ketones is 1. The molecule has 148 valence electrons. The van der Waals surface area contributed by atoms with Crippen molar-refractivity contribution in [2.24, 2.45) is 0 Å². The largest absolute Gasteiger partial charge is 0.481 e. The van der Waals surface area contributed by atoms with Gasteiger partial charge in [0.1, 0.15) is 5.78 Å². The average Bonchev–Trinajstić information content (AvgIpc) is 2.58. The van der Waals surface area contributed by atoms with Gasteiger partial charge in [-0.05, 0) is 19.3 Å². The summed E-state index contributed by atoms with van der Waals surface area (Å²) < 4.78 is 0. The highest BCUT2D eigenvalue weighted by molar-refractivity contribution is 5.78. The third-order valence-electron chi connectivity index (χ3n) is 4.91. The Morgan fingerprint density at radius 3 is 1.20 bits per heavy atom. The Labute approximate surface area is 156 Å². The zero-order chi connectivity index (χ0) is 18.6. The van der Waals surface area contributed by atoms with Gasteiger partial charge in [0.05, 0.1) is 0 Å². The van der Waals surface area contributed by atoms with E-state index in [1.165, 1.54) is 64.2 Å². The van der Waals surface area contributed by atoms with E-state index in [1.807, 2.05) is 0 Å². The number of aliphatic carboxylic acids is 1. The third kappa shape index (κ3) is 21.1. The SMILES string of the molecule is CCCCCCCCCCCC(=O)CCCCCCCCCC(=O)O. The van der Waals surface area contributed by atoms with Crippen LogP contribution in [0.25, 0.3) is 0 Å². The van der Waals surface area contributed by atoms with Gasteiger partial charge in [0, 0.05) is 19.3 Å². The second-order valence-corrected chi connectivity index (χ2v) is 7.49. The Morgan fingerprint density at radius 2 is 0.840 bits per heavy atom. The maximum atomic E-state index is 11.8. The molecule has 0 atom stereocenters. The number of carboxylic acid groups (broad SMARTS) is 1. The second kappa shape index (κ2) is 19.5. The average molecular weight is 355 g/mol. The molecule has 0 bridgehead atoms. The normalized spacial score (nSPS) is 10.9. The molecule has 0 aliphatic heterocycles. The van der Waals surface area contributed by atoms with Crippen LogP contribution in [-0.4, -0.2) is 16.9 Å². The lowest BCUT2D eigenvalue weighted by Crippen LogP contribution is -1.97. The summed E-state index contributed by atoms with van der Waals surface area (Å²) in [4.78, 5) is 22.2. The molecule has 0 radical (unpaired) electrons. The predicted octanol–water partition coefficient (Wildman–Crippen LogP) is 7.07. The van der Waals surface area contributed by atoms with E-state index in [0.717, 1.165) is 51.4 Å². The molecule has 0 unspecified atom stereocenters. The number of carbonyl (C=O) groups excluding carboxylic acids is 1. The van der Waals surface area contributed by atoms with Gasteiger partial charge in [0.2, 0.25) is 0 Å². The van der Waals surface area contributed by atoms with E-state index < -0.39 is 5.97 Å². The smallest absolute Gasteiger partial charge is 0.303 e. The van der Waals surface area contributed by atoms with E-state index in [4.69, 9.17) is 5.11 Å². The molecule has 0 saturated carbocycles. The maximum absolute atomic E-state index is 11.8. The zero-order valence-corrected chi connectivity index (χ0v) is 16.7. The summed E-state index contributed by atoms with van der Waals surface area (Å²) in [5.74, 6) is -0.241. The monoisotopic (exact) mass is 354 g/mol. The first-order valence-electron chi connectivity index (χ1n) is 10.9. The summed E-state index contributed by atoms with van der Waals surface area (Å²) in [5, 5.41) is 8.55. The number of unbranched alkanes of at least 4 members (excludes halogenated alkanes) is 14. The van der Waals surface area contributed by atoms with E-state index in [1.54, 1.807) is 0 Å². The van der Waals surface area contributed by atoms with Crippen LogP contribution in [0.15, 0.2) is 0 Å². The lowest BCUT2D eigenvalue weighted by atomic mass is 10.0. The molecular formula is C22H42O3. The molecule has 3 nitrogen and oxygen atoms in total. The van der Waals surface area contributed by atoms with Crippen LogP contribution in [0.5, 0.6) is 0 Å². The van der Waals surface area contributed by atoms with Crippen LogP contribution in [0.3, 0.4) is 0 Å². The number of carbonyl (C=O) groups is 2. The fourth-order valence-electron chi connectivity index (χ4n) is 3.24. The van der Waals surface area contributed by atoms with Crippen LogP contribution in [-0.2, 0) is 9.59 Å². The number of rotatable bonds is 20. The first-order chi connectivity index (χ1) is 12.2. The highest BCUT2D eigenvalue weighted by atomic mass is 16.4. The third-order valence-corrected chi connectivity index (χ3v) is 4.91. The van der Waals surface area contributed by atoms with Gasteiger partial charge in [-0.3, -0.25) is 9.59 Å². The van der Waals surface area contributed by atoms with Gasteiger partial charge in [-0.1, -0.05) is 90.4 Å². The van der Waals surface area contributed by atoms with Gasteiger partial charge in [0.25, 0.3) is 0 Å². The van der Waals surface area contributed by atoms with Crippen molar-refractivity contribution in [2.45, 2.75) is 129 Å². The second-order valence-electron chi connectivity index (χ2n) is 7.49. The van der Waals surface area contributed by atoms with Crippen molar-refractivity contribution in [1.29, 1.82) is 0 Å². The van der Waals surface area contributed by atoms with Crippen molar-refractivity contribution in [2.75, 3.05) is 0 Å². The first kappa shape index (κ1) is 24.1. The van der Waals surface area contributed by atoms with Crippen molar-refractivity contribution in [3.63, 3.8) is 0 Å². The van der Waals surface area contributed by atoms with Crippen molar-refractivity contribution < 1.29 is 14.7 Å². The molecule has 0 saturated heterocycles. The van der Waals surface area contributed by atoms with Gasteiger partial charge >= 0.3 is 5.97 Å². The molecule has 0 amide bonds. The Kier molecular flexibility index (Phi) is 18.8. The minimum absolute atomic E-state index is 0.299. The molecule has 0 fully saturated rings. The number of hydrogen-bond donors (Lipinski definition) is 1. The topological polar surface area (TPSA) is 54.4 Å². The van der Waals surface area contributed by atoms with Gasteiger partial charge in [0.15, 0.2) is 0 Å². The van der Waals surface area contributed by atoms with E-state index in [-0.39, 0.29) is 0 Å². The Bertz CT molecular complexity index is 312. The van der Waals surface area contributed by atoms with Crippen LogP contribution in [0.2, 0.25) is 0 Å². The van der Waals surface area contributed by atoms with E-state index in [9.17, 15) is 9.59 Å². The van der Waals surface area contributed by atoms with Crippen LogP contribution < -0.4 is 0 Å². The molecule has 0 heterocycles. The molecular weight excluding hydrogens is 312 g/mol. The van der Waals surface area contributed by atoms with Crippen molar-refractivity contribution in [3.8, 4) is 0 Å². The summed E-state index contributed by atoms with van der Waals surface area (Å²) >= 11 is 0. The Balaban J connectivity index is 3.17. The highest BCUT2D eigenvalue weighted by Gasteiger charge is 2.02. The molecule has 25 heavy (non-hydrogen) atoms. The number of carboxylic acids is 1. The standard InChI is InChI=1S/C22H42O3/c1-2-3-4-5-6-7-9-12-15-18-21(23)19-16-13-10-8-11-14-17-20-22(24)25/h2-20H2,1H3,(H,24,25). The minimum Gasteiger partial charge on any atom is -0.481 e. The molecule has 0 aliphatic carbocycles. The molecule has 0 aromatic heterocycles. The molecule has 1 N–H and O–H groups in total. The lowest BCUT2D eigenvalue weighted by Gasteiger charge is -2.03. The van der Waals surface area contributed by atoms with E-state index >= 15 is 0 Å².